The monoisotopic (exact) mass is 357 g/mol. The molecule has 0 aliphatic heterocycles. The normalized spacial score (nSPS) is 22.2. The van der Waals surface area contributed by atoms with E-state index in [1.807, 2.05) is 6.92 Å². The maximum Gasteiger partial charge on any atom is 0.307 e. The molecule has 0 heterocycles. The Morgan fingerprint density at radius 3 is 2.62 bits per heavy atom. The first-order chi connectivity index (χ1) is 9.88. The van der Waals surface area contributed by atoms with Crippen LogP contribution in [0.3, 0.4) is 0 Å². The van der Waals surface area contributed by atoms with Gasteiger partial charge in [-0.3, -0.25) is 9.59 Å². The molecule has 3 unspecified atom stereocenters. The Morgan fingerprint density at radius 1 is 1.43 bits per heavy atom. The van der Waals surface area contributed by atoms with Gasteiger partial charge in [0.25, 0.3) is 0 Å². The van der Waals surface area contributed by atoms with Crippen molar-refractivity contribution >= 4 is 27.8 Å². The average molecular weight is 358 g/mol. The number of carbonyl (C=O) groups is 2. The van der Waals surface area contributed by atoms with E-state index < -0.39 is 17.8 Å². The lowest BCUT2D eigenvalue weighted by molar-refractivity contribution is -0.152. The zero-order chi connectivity index (χ0) is 15.6. The van der Waals surface area contributed by atoms with Gasteiger partial charge in [-0.2, -0.15) is 0 Å². The SMILES string of the molecule is CC(Cc1ccc(F)c(Br)c1)NC(=O)C1CCC1C(=O)O. The molecule has 1 aromatic carbocycles. The van der Waals surface area contributed by atoms with Gasteiger partial charge < -0.3 is 10.4 Å². The number of carbonyl (C=O) groups excluding carboxylic acids is 1. The molecule has 1 fully saturated rings. The molecule has 3 atom stereocenters. The Balaban J connectivity index is 1.89. The van der Waals surface area contributed by atoms with Crippen LogP contribution in [-0.2, 0) is 16.0 Å². The lowest BCUT2D eigenvalue weighted by Crippen LogP contribution is -2.47. The fourth-order valence-electron chi connectivity index (χ4n) is 2.53. The molecule has 114 valence electrons. The molecule has 2 N–H and O–H groups in total. The van der Waals surface area contributed by atoms with Crippen molar-refractivity contribution in [2.75, 3.05) is 0 Å². The molecule has 0 saturated heterocycles. The third-order valence-electron chi connectivity index (χ3n) is 3.84. The zero-order valence-electron chi connectivity index (χ0n) is 11.6. The second-order valence-corrected chi connectivity index (χ2v) is 6.35. The molecule has 0 bridgehead atoms. The van der Waals surface area contributed by atoms with Crippen LogP contribution >= 0.6 is 15.9 Å². The number of rotatable bonds is 5. The Hall–Kier alpha value is -1.43. The molecule has 21 heavy (non-hydrogen) atoms. The Labute approximate surface area is 130 Å². The minimum atomic E-state index is -0.906. The van der Waals surface area contributed by atoms with E-state index in [9.17, 15) is 14.0 Å². The van der Waals surface area contributed by atoms with Gasteiger partial charge in [-0.1, -0.05) is 6.07 Å². The summed E-state index contributed by atoms with van der Waals surface area (Å²) in [5.74, 6) is -2.42. The van der Waals surface area contributed by atoms with Crippen LogP contribution in [0.4, 0.5) is 4.39 Å². The van der Waals surface area contributed by atoms with Crippen LogP contribution < -0.4 is 5.32 Å². The second kappa shape index (κ2) is 6.56. The molecule has 0 aromatic heterocycles. The van der Waals surface area contributed by atoms with E-state index in [1.54, 1.807) is 12.1 Å². The van der Waals surface area contributed by atoms with Crippen LogP contribution in [0.2, 0.25) is 0 Å². The highest BCUT2D eigenvalue weighted by molar-refractivity contribution is 9.10. The highest BCUT2D eigenvalue weighted by atomic mass is 79.9. The Morgan fingerprint density at radius 2 is 2.10 bits per heavy atom. The quantitative estimate of drug-likeness (QED) is 0.851. The molecule has 6 heteroatoms. The van der Waals surface area contributed by atoms with E-state index in [1.165, 1.54) is 6.07 Å². The van der Waals surface area contributed by atoms with Gasteiger partial charge in [0, 0.05) is 6.04 Å². The largest absolute Gasteiger partial charge is 0.481 e. The molecule has 1 aliphatic carbocycles. The molecule has 0 spiro atoms. The van der Waals surface area contributed by atoms with Crippen molar-refractivity contribution in [3.8, 4) is 0 Å². The van der Waals surface area contributed by atoms with Crippen LogP contribution in [-0.4, -0.2) is 23.0 Å². The molecule has 1 aromatic rings. The maximum atomic E-state index is 13.2. The molecule has 1 aliphatic rings. The summed E-state index contributed by atoms with van der Waals surface area (Å²) in [6.07, 6.45) is 1.75. The first-order valence-corrected chi connectivity index (χ1v) is 7.65. The molecular formula is C15H17BrFNO3. The van der Waals surface area contributed by atoms with Gasteiger partial charge in [-0.25, -0.2) is 4.39 Å². The first kappa shape index (κ1) is 15.9. The van der Waals surface area contributed by atoms with Crippen molar-refractivity contribution in [1.29, 1.82) is 0 Å². The van der Waals surface area contributed by atoms with Crippen LogP contribution in [0.1, 0.15) is 25.3 Å². The van der Waals surface area contributed by atoms with E-state index >= 15 is 0 Å². The molecule has 1 saturated carbocycles. The standard InChI is InChI=1S/C15H17BrFNO3/c1-8(6-9-2-5-13(17)12(16)7-9)18-14(19)10-3-4-11(10)15(20)21/h2,5,7-8,10-11H,3-4,6H2,1H3,(H,18,19)(H,20,21). The van der Waals surface area contributed by atoms with Gasteiger partial charge in [0.1, 0.15) is 5.82 Å². The fourth-order valence-corrected chi connectivity index (χ4v) is 2.96. The molecular weight excluding hydrogens is 341 g/mol. The van der Waals surface area contributed by atoms with E-state index in [2.05, 4.69) is 21.2 Å². The van der Waals surface area contributed by atoms with E-state index in [0.29, 0.717) is 23.7 Å². The number of nitrogens with one attached hydrogen (secondary N) is 1. The van der Waals surface area contributed by atoms with Crippen LogP contribution in [0, 0.1) is 17.7 Å². The van der Waals surface area contributed by atoms with Crippen molar-refractivity contribution in [2.24, 2.45) is 11.8 Å². The fraction of sp³-hybridized carbons (Fsp3) is 0.467. The van der Waals surface area contributed by atoms with E-state index in [-0.39, 0.29) is 17.8 Å². The van der Waals surface area contributed by atoms with Crippen LogP contribution in [0.15, 0.2) is 22.7 Å². The van der Waals surface area contributed by atoms with Crippen molar-refractivity contribution in [3.63, 3.8) is 0 Å². The number of carboxylic acid groups (broad SMARTS) is 1. The summed E-state index contributed by atoms with van der Waals surface area (Å²) >= 11 is 3.13. The van der Waals surface area contributed by atoms with Gasteiger partial charge in [0.05, 0.1) is 16.3 Å². The number of benzene rings is 1. The summed E-state index contributed by atoms with van der Waals surface area (Å²) in [6.45, 7) is 1.85. The highest BCUT2D eigenvalue weighted by Crippen LogP contribution is 2.34. The number of hydrogen-bond acceptors (Lipinski definition) is 2. The van der Waals surface area contributed by atoms with E-state index in [0.717, 1.165) is 5.56 Å². The zero-order valence-corrected chi connectivity index (χ0v) is 13.2. The van der Waals surface area contributed by atoms with Crippen molar-refractivity contribution in [1.82, 2.24) is 5.32 Å². The Kier molecular flexibility index (Phi) is 4.98. The second-order valence-electron chi connectivity index (χ2n) is 5.49. The van der Waals surface area contributed by atoms with Gasteiger partial charge in [0.2, 0.25) is 5.91 Å². The van der Waals surface area contributed by atoms with Gasteiger partial charge in [-0.15, -0.1) is 0 Å². The highest BCUT2D eigenvalue weighted by Gasteiger charge is 2.41. The predicted molar refractivity (Wildman–Crippen MR) is 79.3 cm³/mol. The van der Waals surface area contributed by atoms with Crippen LogP contribution in [0.5, 0.6) is 0 Å². The van der Waals surface area contributed by atoms with Crippen molar-refractivity contribution < 1.29 is 19.1 Å². The summed E-state index contributed by atoms with van der Waals surface area (Å²) in [6, 6.07) is 4.60. The minimum Gasteiger partial charge on any atom is -0.481 e. The third kappa shape index (κ3) is 3.81. The summed E-state index contributed by atoms with van der Waals surface area (Å²) in [7, 11) is 0. The Bertz CT molecular complexity index is 564. The summed E-state index contributed by atoms with van der Waals surface area (Å²) in [5.41, 5.74) is 0.902. The molecule has 1 amide bonds. The number of halogens is 2. The molecule has 2 rings (SSSR count). The number of amides is 1. The topological polar surface area (TPSA) is 66.4 Å². The summed E-state index contributed by atoms with van der Waals surface area (Å²) in [4.78, 5) is 22.9. The van der Waals surface area contributed by atoms with E-state index in [4.69, 9.17) is 5.11 Å². The number of hydrogen-bond donors (Lipinski definition) is 2. The average Bonchev–Trinajstić information content (AvgIpc) is 2.31. The lowest BCUT2D eigenvalue weighted by Gasteiger charge is -2.33. The molecule has 0 radical (unpaired) electrons. The number of carboxylic acids is 1. The predicted octanol–water partition coefficient (Wildman–Crippen LogP) is 2.75. The smallest absolute Gasteiger partial charge is 0.307 e. The van der Waals surface area contributed by atoms with Crippen molar-refractivity contribution in [3.05, 3.63) is 34.1 Å². The lowest BCUT2D eigenvalue weighted by atomic mass is 9.73. The van der Waals surface area contributed by atoms with Gasteiger partial charge in [0.15, 0.2) is 0 Å². The van der Waals surface area contributed by atoms with Gasteiger partial charge in [-0.05, 0) is 59.8 Å². The first-order valence-electron chi connectivity index (χ1n) is 6.85. The maximum absolute atomic E-state index is 13.2. The molecule has 4 nitrogen and oxygen atoms in total. The number of aliphatic carboxylic acids is 1. The third-order valence-corrected chi connectivity index (χ3v) is 4.45. The summed E-state index contributed by atoms with van der Waals surface area (Å²) < 4.78 is 13.5. The summed E-state index contributed by atoms with van der Waals surface area (Å²) in [5, 5.41) is 11.8. The van der Waals surface area contributed by atoms with Crippen LogP contribution in [0.25, 0.3) is 0 Å². The minimum absolute atomic E-state index is 0.134. The van der Waals surface area contributed by atoms with Gasteiger partial charge >= 0.3 is 5.97 Å². The van der Waals surface area contributed by atoms with Crippen molar-refractivity contribution in [2.45, 2.75) is 32.2 Å².